The molecule has 1 aromatic heterocycles. The Bertz CT molecular complexity index is 1000. The second kappa shape index (κ2) is 7.04. The molecule has 2 saturated heterocycles. The van der Waals surface area contributed by atoms with Gasteiger partial charge in [0.25, 0.3) is 0 Å². The summed E-state index contributed by atoms with van der Waals surface area (Å²) in [4.78, 5) is 20.4. The van der Waals surface area contributed by atoms with Crippen LogP contribution in [0.1, 0.15) is 23.2 Å². The zero-order valence-electron chi connectivity index (χ0n) is 15.5. The third kappa shape index (κ3) is 3.29. The van der Waals surface area contributed by atoms with Crippen LogP contribution >= 0.6 is 0 Å². The Morgan fingerprint density at radius 1 is 1.17 bits per heavy atom. The Morgan fingerprint density at radius 2 is 1.90 bits per heavy atom. The molecule has 0 bridgehead atoms. The van der Waals surface area contributed by atoms with E-state index in [1.807, 2.05) is 0 Å². The molecule has 2 aliphatic rings. The molecule has 2 atom stereocenters. The van der Waals surface area contributed by atoms with E-state index in [-0.39, 0.29) is 18.3 Å². The van der Waals surface area contributed by atoms with Crippen LogP contribution in [-0.4, -0.2) is 36.3 Å². The van der Waals surface area contributed by atoms with Gasteiger partial charge < -0.3 is 4.74 Å². The van der Waals surface area contributed by atoms with Gasteiger partial charge in [0.1, 0.15) is 0 Å². The minimum atomic E-state index is -4.70. The van der Waals surface area contributed by atoms with Gasteiger partial charge >= 0.3 is 12.2 Å². The Labute approximate surface area is 165 Å². The number of nitriles is 1. The largest absolute Gasteiger partial charge is 0.417 e. The molecule has 0 N–H and O–H groups in total. The number of nitrogens with zero attached hydrogens (tertiary/aromatic N) is 4. The summed E-state index contributed by atoms with van der Waals surface area (Å²) in [5, 5.41) is 9.03. The van der Waals surface area contributed by atoms with Crippen molar-refractivity contribution in [2.45, 2.75) is 31.6 Å². The summed E-state index contributed by atoms with van der Waals surface area (Å²) in [6, 6.07) is 7.30. The number of amides is 2. The number of urea groups is 1. The molecule has 2 amide bonds. The van der Waals surface area contributed by atoms with Crippen LogP contribution in [0.5, 0.6) is 0 Å². The van der Waals surface area contributed by atoms with Crippen LogP contribution in [0.4, 0.5) is 29.3 Å². The first-order valence-corrected chi connectivity index (χ1v) is 9.05. The van der Waals surface area contributed by atoms with Crippen LogP contribution < -0.4 is 9.80 Å². The smallest absolute Gasteiger partial charge is 0.379 e. The van der Waals surface area contributed by atoms with Crippen LogP contribution in [0.15, 0.2) is 36.5 Å². The van der Waals surface area contributed by atoms with Gasteiger partial charge in [0.05, 0.1) is 35.9 Å². The molecule has 2 aliphatic heterocycles. The molecular formula is C20H17F3N4O2. The zero-order chi connectivity index (χ0) is 20.8. The summed E-state index contributed by atoms with van der Waals surface area (Å²) in [5.74, 6) is 0. The van der Waals surface area contributed by atoms with Gasteiger partial charge in [0.2, 0.25) is 0 Å². The number of aromatic nitrogens is 1. The number of hydrogen-bond acceptors (Lipinski definition) is 4. The van der Waals surface area contributed by atoms with Gasteiger partial charge in [-0.1, -0.05) is 0 Å². The van der Waals surface area contributed by atoms with Crippen molar-refractivity contribution in [3.05, 3.63) is 53.3 Å². The highest BCUT2D eigenvalue weighted by molar-refractivity contribution is 6.07. The van der Waals surface area contributed by atoms with Gasteiger partial charge in [-0.3, -0.25) is 14.8 Å². The van der Waals surface area contributed by atoms with Gasteiger partial charge in [0.15, 0.2) is 0 Å². The second-order valence-corrected chi connectivity index (χ2v) is 7.02. The average Bonchev–Trinajstić information content (AvgIpc) is 2.98. The summed E-state index contributed by atoms with van der Waals surface area (Å²) in [5.41, 5.74) is -0.0699. The lowest BCUT2D eigenvalue weighted by atomic mass is 10.0. The van der Waals surface area contributed by atoms with Gasteiger partial charge in [-0.15, -0.1) is 0 Å². The third-order valence-electron chi connectivity index (χ3n) is 5.23. The highest BCUT2D eigenvalue weighted by Crippen LogP contribution is 2.39. The number of alkyl halides is 3. The first-order valence-electron chi connectivity index (χ1n) is 9.05. The summed E-state index contributed by atoms with van der Waals surface area (Å²) >= 11 is 0. The van der Waals surface area contributed by atoms with Crippen molar-refractivity contribution in [2.24, 2.45) is 0 Å². The van der Waals surface area contributed by atoms with E-state index in [2.05, 4.69) is 4.98 Å². The molecule has 0 spiro atoms. The molecule has 0 radical (unpaired) electrons. The number of aryl methyl sites for hydroxylation is 1. The van der Waals surface area contributed by atoms with E-state index < -0.39 is 29.4 Å². The van der Waals surface area contributed by atoms with E-state index in [1.54, 1.807) is 36.2 Å². The molecule has 3 heterocycles. The number of anilines is 2. The zero-order valence-corrected chi connectivity index (χ0v) is 15.5. The van der Waals surface area contributed by atoms with E-state index >= 15 is 0 Å². The fourth-order valence-electron chi connectivity index (χ4n) is 3.96. The SMILES string of the molecule is Cc1cc(N2C(=O)N(c3ccc(C#N)c(C(F)(F)F)c3)C3COCCC32)ccn1. The van der Waals surface area contributed by atoms with E-state index in [4.69, 9.17) is 10.00 Å². The highest BCUT2D eigenvalue weighted by Gasteiger charge is 2.49. The van der Waals surface area contributed by atoms with Gasteiger partial charge in [0, 0.05) is 29.9 Å². The standard InChI is InChI=1S/C20H17F3N4O2/c1-12-8-15(4-6-25-12)26-17-5-7-29-11-18(17)27(19(26)28)14-3-2-13(10-24)16(9-14)20(21,22)23/h2-4,6,8-9,17-18H,5,7,11H2,1H3. The molecule has 2 unspecified atom stereocenters. The fraction of sp³-hybridized carbons (Fsp3) is 0.350. The molecule has 29 heavy (non-hydrogen) atoms. The minimum Gasteiger partial charge on any atom is -0.379 e. The van der Waals surface area contributed by atoms with E-state index in [0.717, 1.165) is 17.8 Å². The second-order valence-electron chi connectivity index (χ2n) is 7.02. The van der Waals surface area contributed by atoms with Crippen LogP contribution in [0, 0.1) is 18.3 Å². The molecule has 2 fully saturated rings. The number of hydrogen-bond donors (Lipinski definition) is 0. The number of benzene rings is 1. The molecule has 0 aliphatic carbocycles. The third-order valence-corrected chi connectivity index (χ3v) is 5.23. The highest BCUT2D eigenvalue weighted by atomic mass is 19.4. The van der Waals surface area contributed by atoms with Crippen LogP contribution in [0.2, 0.25) is 0 Å². The number of pyridine rings is 1. The maximum absolute atomic E-state index is 13.4. The quantitative estimate of drug-likeness (QED) is 0.764. The Hall–Kier alpha value is -3.12. The summed E-state index contributed by atoms with van der Waals surface area (Å²) in [7, 11) is 0. The number of carbonyl (C=O) groups is 1. The lowest BCUT2D eigenvalue weighted by Gasteiger charge is -2.32. The molecule has 4 rings (SSSR count). The lowest BCUT2D eigenvalue weighted by molar-refractivity contribution is -0.137. The number of halogens is 3. The fourth-order valence-corrected chi connectivity index (χ4v) is 3.96. The van der Waals surface area contributed by atoms with Crippen LogP contribution in [0.3, 0.4) is 0 Å². The molecule has 1 aromatic carbocycles. The number of ether oxygens (including phenoxy) is 1. The Balaban J connectivity index is 1.80. The summed E-state index contributed by atoms with van der Waals surface area (Å²) in [6.45, 7) is 2.49. The van der Waals surface area contributed by atoms with Crippen LogP contribution in [-0.2, 0) is 10.9 Å². The van der Waals surface area contributed by atoms with Crippen molar-refractivity contribution in [3.63, 3.8) is 0 Å². The van der Waals surface area contributed by atoms with Crippen molar-refractivity contribution in [2.75, 3.05) is 23.0 Å². The maximum atomic E-state index is 13.4. The van der Waals surface area contributed by atoms with Crippen molar-refractivity contribution < 1.29 is 22.7 Å². The summed E-state index contributed by atoms with van der Waals surface area (Å²) < 4.78 is 45.8. The Morgan fingerprint density at radius 3 is 2.59 bits per heavy atom. The van der Waals surface area contributed by atoms with Crippen molar-refractivity contribution in [1.82, 2.24) is 4.98 Å². The topological polar surface area (TPSA) is 69.5 Å². The molecular weight excluding hydrogens is 385 g/mol. The number of fused-ring (bicyclic) bond motifs is 1. The predicted molar refractivity (Wildman–Crippen MR) is 98.5 cm³/mol. The van der Waals surface area contributed by atoms with E-state index in [1.165, 1.54) is 11.0 Å². The first kappa shape index (κ1) is 19.2. The van der Waals surface area contributed by atoms with Crippen molar-refractivity contribution in [3.8, 4) is 6.07 Å². The van der Waals surface area contributed by atoms with Crippen molar-refractivity contribution in [1.29, 1.82) is 5.26 Å². The van der Waals surface area contributed by atoms with Crippen molar-refractivity contribution >= 4 is 17.4 Å². The minimum absolute atomic E-state index is 0.0927. The number of rotatable bonds is 2. The maximum Gasteiger partial charge on any atom is 0.417 e. The molecule has 0 saturated carbocycles. The number of carbonyl (C=O) groups excluding carboxylic acids is 1. The lowest BCUT2D eigenvalue weighted by Crippen LogP contribution is -2.45. The van der Waals surface area contributed by atoms with E-state index in [9.17, 15) is 18.0 Å². The van der Waals surface area contributed by atoms with Gasteiger partial charge in [-0.05, 0) is 43.7 Å². The predicted octanol–water partition coefficient (Wildman–Crippen LogP) is 3.88. The molecule has 2 aromatic rings. The van der Waals surface area contributed by atoms with Gasteiger partial charge in [-0.25, -0.2) is 4.79 Å². The summed E-state index contributed by atoms with van der Waals surface area (Å²) in [6.07, 6.45) is -2.54. The monoisotopic (exact) mass is 402 g/mol. The normalized spacial score (nSPS) is 21.8. The molecule has 6 nitrogen and oxygen atoms in total. The average molecular weight is 402 g/mol. The Kier molecular flexibility index (Phi) is 4.67. The molecule has 9 heteroatoms. The molecule has 150 valence electrons. The van der Waals surface area contributed by atoms with Crippen LogP contribution in [0.25, 0.3) is 0 Å². The van der Waals surface area contributed by atoms with Gasteiger partial charge in [-0.2, -0.15) is 18.4 Å². The van der Waals surface area contributed by atoms with E-state index in [0.29, 0.717) is 18.7 Å². The first-order chi connectivity index (χ1) is 13.8.